The van der Waals surface area contributed by atoms with Crippen molar-refractivity contribution in [1.82, 2.24) is 14.7 Å². The van der Waals surface area contributed by atoms with Crippen molar-refractivity contribution in [3.05, 3.63) is 71.8 Å². The lowest BCUT2D eigenvalue weighted by molar-refractivity contribution is -0.152. The fraction of sp³-hybridized carbons (Fsp3) is 0.464. The van der Waals surface area contributed by atoms with E-state index in [1.807, 2.05) is 79.4 Å². The summed E-state index contributed by atoms with van der Waals surface area (Å²) in [5.41, 5.74) is 1.95. The zero-order chi connectivity index (χ0) is 24.9. The van der Waals surface area contributed by atoms with Crippen molar-refractivity contribution >= 4 is 17.8 Å². The monoisotopic (exact) mass is 477 g/mol. The third-order valence-corrected chi connectivity index (χ3v) is 7.27. The molecule has 4 atom stereocenters. The topological polar surface area (TPSA) is 70.2 Å². The number of piperazine rings is 1. The second-order valence-electron chi connectivity index (χ2n) is 9.45. The Morgan fingerprint density at radius 2 is 1.31 bits per heavy atom. The van der Waals surface area contributed by atoms with E-state index in [-0.39, 0.29) is 48.2 Å². The maximum absolute atomic E-state index is 14.0. The quantitative estimate of drug-likeness (QED) is 0.653. The summed E-state index contributed by atoms with van der Waals surface area (Å²) in [4.78, 5) is 45.2. The van der Waals surface area contributed by atoms with Crippen LogP contribution in [0.5, 0.6) is 0 Å². The van der Waals surface area contributed by atoms with E-state index in [9.17, 15) is 14.4 Å². The van der Waals surface area contributed by atoms with Crippen LogP contribution in [-0.4, -0.2) is 71.8 Å². The molecule has 2 heterocycles. The van der Waals surface area contributed by atoms with E-state index in [1.54, 1.807) is 11.8 Å². The number of Topliss-reactive ketones (excluding diaryl/α,β-unsaturated/α-hetero) is 1. The first-order valence-corrected chi connectivity index (χ1v) is 12.5. The average Bonchev–Trinajstić information content (AvgIpc) is 2.88. The Balaban J connectivity index is 1.61. The van der Waals surface area contributed by atoms with Crippen LogP contribution < -0.4 is 0 Å². The fourth-order valence-corrected chi connectivity index (χ4v) is 5.47. The van der Waals surface area contributed by atoms with Gasteiger partial charge in [0.1, 0.15) is 5.78 Å². The van der Waals surface area contributed by atoms with Crippen molar-refractivity contribution < 1.29 is 19.1 Å². The first kappa shape index (κ1) is 24.9. The second-order valence-corrected chi connectivity index (χ2v) is 9.45. The van der Waals surface area contributed by atoms with E-state index in [4.69, 9.17) is 4.74 Å². The second kappa shape index (κ2) is 11.0. The Kier molecular flexibility index (Phi) is 7.86. The Morgan fingerprint density at radius 1 is 0.829 bits per heavy atom. The summed E-state index contributed by atoms with van der Waals surface area (Å²) in [6.45, 7) is 8.54. The van der Waals surface area contributed by atoms with E-state index in [0.717, 1.165) is 11.1 Å². The number of hydrogen-bond acceptors (Lipinski definition) is 5. The molecule has 4 rings (SSSR count). The SMILES string of the molecule is CCOC(=O)N1CCN(CC(=O)N2C(c3ccccc3)C(C)C(=O)C(C)C2c2ccccc2)CC1. The van der Waals surface area contributed by atoms with Gasteiger partial charge in [-0.1, -0.05) is 74.5 Å². The number of ketones is 1. The van der Waals surface area contributed by atoms with Crippen LogP contribution in [0, 0.1) is 11.8 Å². The summed E-state index contributed by atoms with van der Waals surface area (Å²) < 4.78 is 5.11. The zero-order valence-corrected chi connectivity index (χ0v) is 20.8. The van der Waals surface area contributed by atoms with Crippen molar-refractivity contribution in [1.29, 1.82) is 0 Å². The van der Waals surface area contributed by atoms with Crippen molar-refractivity contribution in [2.24, 2.45) is 11.8 Å². The van der Waals surface area contributed by atoms with Gasteiger partial charge in [-0.15, -0.1) is 0 Å². The molecule has 35 heavy (non-hydrogen) atoms. The number of benzene rings is 2. The standard InChI is InChI=1S/C28H35N3O4/c1-4-35-28(34)30-17-15-29(16-18-30)19-24(32)31-25(22-11-7-5-8-12-22)20(2)27(33)21(3)26(31)23-13-9-6-10-14-23/h5-14,20-21,25-26H,4,15-19H2,1-3H3. The molecule has 0 aromatic heterocycles. The Morgan fingerprint density at radius 3 is 1.77 bits per heavy atom. The largest absolute Gasteiger partial charge is 0.450 e. The van der Waals surface area contributed by atoms with E-state index in [2.05, 4.69) is 4.90 Å². The van der Waals surface area contributed by atoms with Crippen molar-refractivity contribution in [2.75, 3.05) is 39.3 Å². The molecule has 7 nitrogen and oxygen atoms in total. The lowest BCUT2D eigenvalue weighted by atomic mass is 9.74. The highest BCUT2D eigenvalue weighted by molar-refractivity contribution is 5.89. The van der Waals surface area contributed by atoms with Gasteiger partial charge in [0.05, 0.1) is 25.2 Å². The molecule has 2 aliphatic rings. The van der Waals surface area contributed by atoms with Crippen LogP contribution in [-0.2, 0) is 14.3 Å². The van der Waals surface area contributed by atoms with Crippen LogP contribution in [0.1, 0.15) is 44.0 Å². The molecule has 0 radical (unpaired) electrons. The molecule has 0 N–H and O–H groups in total. The molecule has 0 spiro atoms. The molecular formula is C28H35N3O4. The van der Waals surface area contributed by atoms with E-state index in [0.29, 0.717) is 32.8 Å². The molecule has 7 heteroatoms. The molecule has 0 saturated carbocycles. The number of rotatable bonds is 5. The van der Waals surface area contributed by atoms with Gasteiger partial charge in [-0.25, -0.2) is 4.79 Å². The Labute approximate surface area is 207 Å². The number of carbonyl (C=O) groups excluding carboxylic acids is 3. The molecule has 0 aliphatic carbocycles. The summed E-state index contributed by atoms with van der Waals surface area (Å²) in [6.07, 6.45) is -0.302. The maximum Gasteiger partial charge on any atom is 0.409 e. The van der Waals surface area contributed by atoms with Crippen molar-refractivity contribution in [3.8, 4) is 0 Å². The van der Waals surface area contributed by atoms with Crippen molar-refractivity contribution in [3.63, 3.8) is 0 Å². The Hall–Kier alpha value is -3.19. The summed E-state index contributed by atoms with van der Waals surface area (Å²) >= 11 is 0. The van der Waals surface area contributed by atoms with Crippen LogP contribution in [0.2, 0.25) is 0 Å². The van der Waals surface area contributed by atoms with Gasteiger partial charge >= 0.3 is 6.09 Å². The predicted molar refractivity (Wildman–Crippen MR) is 134 cm³/mol. The van der Waals surface area contributed by atoms with Gasteiger partial charge in [-0.3, -0.25) is 14.5 Å². The van der Waals surface area contributed by atoms with E-state index >= 15 is 0 Å². The summed E-state index contributed by atoms with van der Waals surface area (Å²) in [6, 6.07) is 19.1. The third kappa shape index (κ3) is 5.25. The highest BCUT2D eigenvalue weighted by Crippen LogP contribution is 2.46. The van der Waals surface area contributed by atoms with E-state index in [1.165, 1.54) is 0 Å². The minimum Gasteiger partial charge on any atom is -0.450 e. The average molecular weight is 478 g/mol. The molecule has 2 aliphatic heterocycles. The summed E-state index contributed by atoms with van der Waals surface area (Å²) in [7, 11) is 0. The van der Waals surface area contributed by atoms with Gasteiger partial charge in [0.15, 0.2) is 0 Å². The molecule has 2 aromatic rings. The first-order valence-electron chi connectivity index (χ1n) is 12.5. The minimum atomic E-state index is -0.335. The fourth-order valence-electron chi connectivity index (χ4n) is 5.47. The number of piperidine rings is 1. The molecule has 0 bridgehead atoms. The number of likely N-dealkylation sites (tertiary alicyclic amines) is 1. The summed E-state index contributed by atoms with van der Waals surface area (Å²) in [5.74, 6) is -0.433. The van der Waals surface area contributed by atoms with Gasteiger partial charge in [0, 0.05) is 38.0 Å². The molecule has 186 valence electrons. The first-order chi connectivity index (χ1) is 16.9. The number of amides is 2. The summed E-state index contributed by atoms with van der Waals surface area (Å²) in [5, 5.41) is 0. The van der Waals surface area contributed by atoms with Gasteiger partial charge in [0.2, 0.25) is 5.91 Å². The predicted octanol–water partition coefficient (Wildman–Crippen LogP) is 3.93. The molecule has 2 fully saturated rings. The van der Waals surface area contributed by atoms with Gasteiger partial charge < -0.3 is 14.5 Å². The third-order valence-electron chi connectivity index (χ3n) is 7.27. The van der Waals surface area contributed by atoms with Crippen LogP contribution in [0.3, 0.4) is 0 Å². The highest BCUT2D eigenvalue weighted by atomic mass is 16.6. The molecule has 2 amide bonds. The number of carbonyl (C=O) groups is 3. The Bertz CT molecular complexity index is 966. The van der Waals surface area contributed by atoms with Crippen LogP contribution in [0.25, 0.3) is 0 Å². The minimum absolute atomic E-state index is 0.00323. The number of nitrogens with zero attached hydrogens (tertiary/aromatic N) is 3. The molecule has 2 aromatic carbocycles. The smallest absolute Gasteiger partial charge is 0.409 e. The van der Waals surface area contributed by atoms with Crippen LogP contribution >= 0.6 is 0 Å². The normalized spacial score (nSPS) is 25.4. The lowest BCUT2D eigenvalue weighted by Crippen LogP contribution is -2.56. The maximum atomic E-state index is 14.0. The van der Waals surface area contributed by atoms with E-state index < -0.39 is 0 Å². The molecule has 4 unspecified atom stereocenters. The van der Waals surface area contributed by atoms with Crippen molar-refractivity contribution in [2.45, 2.75) is 32.9 Å². The highest BCUT2D eigenvalue weighted by Gasteiger charge is 2.48. The number of ether oxygens (including phenoxy) is 1. The van der Waals surface area contributed by atoms with Gasteiger partial charge in [-0.05, 0) is 18.1 Å². The zero-order valence-electron chi connectivity index (χ0n) is 20.8. The molecular weight excluding hydrogens is 442 g/mol. The lowest BCUT2D eigenvalue weighted by Gasteiger charge is -2.49. The van der Waals surface area contributed by atoms with Crippen LogP contribution in [0.15, 0.2) is 60.7 Å². The van der Waals surface area contributed by atoms with Crippen LogP contribution in [0.4, 0.5) is 4.79 Å². The van der Waals surface area contributed by atoms with Gasteiger partial charge in [-0.2, -0.15) is 0 Å². The molecule has 2 saturated heterocycles. The van der Waals surface area contributed by atoms with Gasteiger partial charge in [0.25, 0.3) is 0 Å². The number of hydrogen-bond donors (Lipinski definition) is 0.